The Bertz CT molecular complexity index is 488. The maximum absolute atomic E-state index is 12.2. The molecule has 2 N–H and O–H groups in total. The van der Waals surface area contributed by atoms with Crippen LogP contribution in [0.4, 0.5) is 0 Å². The summed E-state index contributed by atoms with van der Waals surface area (Å²) < 4.78 is 0. The second-order valence-electron chi connectivity index (χ2n) is 5.64. The fraction of sp³-hybridized carbons (Fsp3) is 0.533. The van der Waals surface area contributed by atoms with Crippen LogP contribution < -0.4 is 10.6 Å². The maximum atomic E-state index is 12.2. The van der Waals surface area contributed by atoms with Crippen molar-refractivity contribution in [1.82, 2.24) is 15.5 Å². The van der Waals surface area contributed by atoms with Gasteiger partial charge in [0, 0.05) is 24.7 Å². The lowest BCUT2D eigenvalue weighted by Gasteiger charge is -2.29. The zero-order chi connectivity index (χ0) is 13.2. The van der Waals surface area contributed by atoms with Gasteiger partial charge >= 0.3 is 0 Å². The first-order chi connectivity index (χ1) is 9.22. The van der Waals surface area contributed by atoms with Crippen LogP contribution in [0.3, 0.4) is 0 Å². The molecule has 0 atom stereocenters. The lowest BCUT2D eigenvalue weighted by molar-refractivity contribution is 0.0917. The third-order valence-electron chi connectivity index (χ3n) is 4.15. The first-order valence-electron chi connectivity index (χ1n) is 7.04. The van der Waals surface area contributed by atoms with Gasteiger partial charge in [-0.15, -0.1) is 24.8 Å². The van der Waals surface area contributed by atoms with Crippen molar-refractivity contribution in [1.29, 1.82) is 0 Å². The van der Waals surface area contributed by atoms with Crippen LogP contribution in [0.2, 0.25) is 0 Å². The van der Waals surface area contributed by atoms with Crippen LogP contribution >= 0.6 is 24.8 Å². The normalized spacial score (nSPS) is 18.3. The highest BCUT2D eigenvalue weighted by atomic mass is 35.5. The summed E-state index contributed by atoms with van der Waals surface area (Å²) in [7, 11) is 2.13. The molecular formula is C15H23Cl2N3O. The number of amides is 1. The predicted octanol–water partition coefficient (Wildman–Crippen LogP) is 1.96. The molecule has 1 aromatic carbocycles. The summed E-state index contributed by atoms with van der Waals surface area (Å²) in [6.07, 6.45) is 2.10. The van der Waals surface area contributed by atoms with Crippen LogP contribution in [0, 0.1) is 0 Å². The Kier molecular flexibility index (Phi) is 6.94. The van der Waals surface area contributed by atoms with Crippen molar-refractivity contribution in [3.8, 4) is 0 Å². The fourth-order valence-corrected chi connectivity index (χ4v) is 2.86. The molecule has 0 saturated carbocycles. The second-order valence-corrected chi connectivity index (χ2v) is 5.64. The fourth-order valence-electron chi connectivity index (χ4n) is 2.86. The van der Waals surface area contributed by atoms with Gasteiger partial charge in [-0.2, -0.15) is 0 Å². The van der Waals surface area contributed by atoms with Crippen molar-refractivity contribution in [2.45, 2.75) is 32.0 Å². The van der Waals surface area contributed by atoms with Crippen LogP contribution in [0.1, 0.15) is 34.3 Å². The number of benzene rings is 1. The van der Waals surface area contributed by atoms with Gasteiger partial charge in [0.1, 0.15) is 0 Å². The molecule has 0 spiro atoms. The van der Waals surface area contributed by atoms with Gasteiger partial charge in [0.25, 0.3) is 5.91 Å². The van der Waals surface area contributed by atoms with Gasteiger partial charge in [-0.25, -0.2) is 0 Å². The summed E-state index contributed by atoms with van der Waals surface area (Å²) in [5.41, 5.74) is 3.37. The first-order valence-corrected chi connectivity index (χ1v) is 7.04. The van der Waals surface area contributed by atoms with Crippen molar-refractivity contribution in [2.75, 3.05) is 20.1 Å². The number of halogens is 2. The van der Waals surface area contributed by atoms with Gasteiger partial charge in [-0.05, 0) is 56.2 Å². The third-order valence-corrected chi connectivity index (χ3v) is 4.15. The average Bonchev–Trinajstić information content (AvgIpc) is 2.88. The minimum atomic E-state index is 0. The summed E-state index contributed by atoms with van der Waals surface area (Å²) in [5, 5.41) is 6.46. The molecule has 3 rings (SSSR count). The van der Waals surface area contributed by atoms with Crippen LogP contribution in [0.5, 0.6) is 0 Å². The Hall–Kier alpha value is -0.810. The number of fused-ring (bicyclic) bond motifs is 1. The molecule has 2 aliphatic rings. The number of nitrogens with zero attached hydrogens (tertiary/aromatic N) is 1. The number of carbonyl (C=O) groups is 1. The molecule has 0 unspecified atom stereocenters. The summed E-state index contributed by atoms with van der Waals surface area (Å²) in [5.74, 6) is 0.0734. The number of piperidine rings is 1. The summed E-state index contributed by atoms with van der Waals surface area (Å²) in [4.78, 5) is 14.6. The van der Waals surface area contributed by atoms with Crippen molar-refractivity contribution < 1.29 is 4.79 Å². The van der Waals surface area contributed by atoms with E-state index in [0.717, 1.165) is 44.6 Å². The monoisotopic (exact) mass is 331 g/mol. The summed E-state index contributed by atoms with van der Waals surface area (Å²) in [6.45, 7) is 3.94. The van der Waals surface area contributed by atoms with Crippen LogP contribution in [-0.4, -0.2) is 37.0 Å². The number of nitrogens with one attached hydrogen (secondary N) is 2. The molecular weight excluding hydrogens is 309 g/mol. The molecule has 1 saturated heterocycles. The van der Waals surface area contributed by atoms with E-state index in [1.807, 2.05) is 12.1 Å². The molecule has 1 aromatic rings. The largest absolute Gasteiger partial charge is 0.349 e. The average molecular weight is 332 g/mol. The SMILES string of the molecule is CN1CCC(NC(=O)c2ccc3c(c2)CNC3)CC1.Cl.Cl. The molecule has 0 bridgehead atoms. The van der Waals surface area contributed by atoms with Gasteiger partial charge in [0.15, 0.2) is 0 Å². The van der Waals surface area contributed by atoms with E-state index in [1.165, 1.54) is 11.1 Å². The first kappa shape index (κ1) is 18.2. The Morgan fingerprint density at radius 2 is 1.86 bits per heavy atom. The minimum absolute atomic E-state index is 0. The van der Waals surface area contributed by atoms with Crippen LogP contribution in [0.25, 0.3) is 0 Å². The molecule has 1 amide bonds. The molecule has 4 nitrogen and oxygen atoms in total. The molecule has 21 heavy (non-hydrogen) atoms. The molecule has 0 radical (unpaired) electrons. The Balaban J connectivity index is 0.00000110. The van der Waals surface area contributed by atoms with E-state index in [0.29, 0.717) is 6.04 Å². The van der Waals surface area contributed by atoms with E-state index in [4.69, 9.17) is 0 Å². The zero-order valence-corrected chi connectivity index (χ0v) is 13.9. The van der Waals surface area contributed by atoms with Gasteiger partial charge in [0.05, 0.1) is 0 Å². The molecule has 0 aromatic heterocycles. The van der Waals surface area contributed by atoms with Crippen LogP contribution in [-0.2, 0) is 13.1 Å². The Morgan fingerprint density at radius 3 is 2.57 bits per heavy atom. The van der Waals surface area contributed by atoms with Crippen molar-refractivity contribution >= 4 is 30.7 Å². The van der Waals surface area contributed by atoms with Crippen molar-refractivity contribution in [2.24, 2.45) is 0 Å². The van der Waals surface area contributed by atoms with Crippen LogP contribution in [0.15, 0.2) is 18.2 Å². The van der Waals surface area contributed by atoms with Gasteiger partial charge in [0.2, 0.25) is 0 Å². The summed E-state index contributed by atoms with van der Waals surface area (Å²) in [6, 6.07) is 6.37. The molecule has 6 heteroatoms. The van der Waals surface area contributed by atoms with Gasteiger partial charge in [-0.3, -0.25) is 4.79 Å². The number of carbonyl (C=O) groups excluding carboxylic acids is 1. The molecule has 2 heterocycles. The smallest absolute Gasteiger partial charge is 0.251 e. The quantitative estimate of drug-likeness (QED) is 0.870. The molecule has 0 aliphatic carbocycles. The van der Waals surface area contributed by atoms with Gasteiger partial charge in [-0.1, -0.05) is 6.07 Å². The van der Waals surface area contributed by atoms with Gasteiger partial charge < -0.3 is 15.5 Å². The number of rotatable bonds is 2. The highest BCUT2D eigenvalue weighted by Gasteiger charge is 2.20. The van der Waals surface area contributed by atoms with E-state index in [1.54, 1.807) is 0 Å². The molecule has 118 valence electrons. The second kappa shape index (κ2) is 7.99. The molecule has 1 fully saturated rings. The lowest BCUT2D eigenvalue weighted by Crippen LogP contribution is -2.43. The van der Waals surface area contributed by atoms with Crippen molar-refractivity contribution in [3.63, 3.8) is 0 Å². The van der Waals surface area contributed by atoms with E-state index >= 15 is 0 Å². The number of hydrogen-bond acceptors (Lipinski definition) is 3. The lowest BCUT2D eigenvalue weighted by atomic mass is 10.0. The Morgan fingerprint density at radius 1 is 1.19 bits per heavy atom. The number of likely N-dealkylation sites (tertiary alicyclic amines) is 1. The standard InChI is InChI=1S/C15H21N3O.2ClH/c1-18-6-4-14(5-7-18)17-15(19)11-2-3-12-9-16-10-13(12)8-11;;/h2-3,8,14,16H,4-7,9-10H2,1H3,(H,17,19);2*1H. The Labute approximate surface area is 138 Å². The highest BCUT2D eigenvalue weighted by molar-refractivity contribution is 5.94. The zero-order valence-electron chi connectivity index (χ0n) is 12.2. The topological polar surface area (TPSA) is 44.4 Å². The van der Waals surface area contributed by atoms with E-state index in [9.17, 15) is 4.79 Å². The molecule has 2 aliphatic heterocycles. The van der Waals surface area contributed by atoms with E-state index < -0.39 is 0 Å². The maximum Gasteiger partial charge on any atom is 0.251 e. The summed E-state index contributed by atoms with van der Waals surface area (Å²) >= 11 is 0. The van der Waals surface area contributed by atoms with Crippen molar-refractivity contribution in [3.05, 3.63) is 34.9 Å². The number of hydrogen-bond donors (Lipinski definition) is 2. The van der Waals surface area contributed by atoms with E-state index in [-0.39, 0.29) is 30.7 Å². The third kappa shape index (κ3) is 4.33. The van der Waals surface area contributed by atoms with E-state index in [2.05, 4.69) is 28.6 Å². The highest BCUT2D eigenvalue weighted by Crippen LogP contribution is 2.17. The predicted molar refractivity (Wildman–Crippen MR) is 89.5 cm³/mol. The minimum Gasteiger partial charge on any atom is -0.349 e.